The van der Waals surface area contributed by atoms with Crippen molar-refractivity contribution in [3.63, 3.8) is 0 Å². The largest absolute Gasteiger partial charge is 0.480 e. The standard InChI is InChI=1S/C22H22ClFN4O5/c23-16-10-25-11-17(24)19(16)21(30)28-18(22(31)32)7-9-33-12-15(29)6-5-14-4-3-13-2-1-8-26-20(13)27-14/h1-4,8,10-11,15,18,29H,5-7,9,12H2,(H,28,30)(H,31,32). The summed E-state index contributed by atoms with van der Waals surface area (Å²) in [6.45, 7) is -0.0596. The van der Waals surface area contributed by atoms with E-state index in [1.165, 1.54) is 0 Å². The molecule has 3 rings (SSSR count). The molecule has 3 aromatic rings. The van der Waals surface area contributed by atoms with Crippen LogP contribution in [0.1, 0.15) is 28.9 Å². The molecule has 0 fully saturated rings. The van der Waals surface area contributed by atoms with E-state index in [0.717, 1.165) is 23.5 Å². The number of fused-ring (bicyclic) bond motifs is 1. The number of ether oxygens (including phenoxy) is 1. The molecule has 0 aliphatic rings. The number of pyridine rings is 3. The van der Waals surface area contributed by atoms with Crippen LogP contribution in [0.25, 0.3) is 11.0 Å². The van der Waals surface area contributed by atoms with Crippen molar-refractivity contribution in [3.8, 4) is 0 Å². The number of amides is 1. The molecule has 0 saturated carbocycles. The van der Waals surface area contributed by atoms with Crippen LogP contribution in [-0.2, 0) is 16.0 Å². The van der Waals surface area contributed by atoms with Gasteiger partial charge in [-0.25, -0.2) is 19.2 Å². The van der Waals surface area contributed by atoms with E-state index in [1.54, 1.807) is 6.20 Å². The van der Waals surface area contributed by atoms with Crippen molar-refractivity contribution in [1.82, 2.24) is 20.3 Å². The van der Waals surface area contributed by atoms with Gasteiger partial charge in [0.25, 0.3) is 5.91 Å². The highest BCUT2D eigenvalue weighted by Crippen LogP contribution is 2.17. The van der Waals surface area contributed by atoms with Gasteiger partial charge in [0, 0.05) is 36.5 Å². The average Bonchev–Trinajstić information content (AvgIpc) is 2.79. The molecule has 0 saturated heterocycles. The Morgan fingerprint density at radius 3 is 2.79 bits per heavy atom. The number of aromatic nitrogens is 3. The Kier molecular flexibility index (Phi) is 8.58. The lowest BCUT2D eigenvalue weighted by atomic mass is 10.1. The molecule has 11 heteroatoms. The Labute approximate surface area is 193 Å². The maximum atomic E-state index is 13.8. The Morgan fingerprint density at radius 1 is 1.21 bits per heavy atom. The fraction of sp³-hybridized carbons (Fsp3) is 0.318. The van der Waals surface area contributed by atoms with Gasteiger partial charge in [-0.1, -0.05) is 11.6 Å². The number of halogens is 2. The topological polar surface area (TPSA) is 135 Å². The number of hydrogen-bond acceptors (Lipinski definition) is 7. The molecule has 0 aliphatic heterocycles. The van der Waals surface area contributed by atoms with Crippen LogP contribution in [0.5, 0.6) is 0 Å². The van der Waals surface area contributed by atoms with E-state index in [4.69, 9.17) is 16.3 Å². The van der Waals surface area contributed by atoms with E-state index in [9.17, 15) is 24.2 Å². The first-order valence-corrected chi connectivity index (χ1v) is 10.5. The second kappa shape index (κ2) is 11.6. The van der Waals surface area contributed by atoms with Crippen molar-refractivity contribution >= 4 is 34.5 Å². The second-order valence-corrected chi connectivity index (χ2v) is 7.66. The molecule has 33 heavy (non-hydrogen) atoms. The van der Waals surface area contributed by atoms with E-state index >= 15 is 0 Å². The van der Waals surface area contributed by atoms with Crippen LogP contribution in [0.2, 0.25) is 5.02 Å². The number of aryl methyl sites for hydroxylation is 1. The summed E-state index contributed by atoms with van der Waals surface area (Å²) in [7, 11) is 0. The zero-order valence-corrected chi connectivity index (χ0v) is 18.2. The second-order valence-electron chi connectivity index (χ2n) is 7.25. The molecule has 3 aromatic heterocycles. The molecular formula is C22H22ClFN4O5. The predicted octanol–water partition coefficient (Wildman–Crippen LogP) is 2.40. The Bertz CT molecular complexity index is 1110. The Balaban J connectivity index is 1.42. The molecule has 1 amide bonds. The number of nitrogens with one attached hydrogen (secondary N) is 1. The van der Waals surface area contributed by atoms with Gasteiger partial charge in [-0.05, 0) is 37.1 Å². The normalized spacial score (nSPS) is 12.9. The molecule has 2 unspecified atom stereocenters. The first-order valence-electron chi connectivity index (χ1n) is 10.1. The maximum absolute atomic E-state index is 13.8. The van der Waals surface area contributed by atoms with Crippen LogP contribution in [0.4, 0.5) is 4.39 Å². The maximum Gasteiger partial charge on any atom is 0.326 e. The Hall–Kier alpha value is -3.21. The predicted molar refractivity (Wildman–Crippen MR) is 117 cm³/mol. The fourth-order valence-electron chi connectivity index (χ4n) is 3.07. The van der Waals surface area contributed by atoms with Gasteiger partial charge in [0.2, 0.25) is 0 Å². The van der Waals surface area contributed by atoms with Crippen LogP contribution in [-0.4, -0.2) is 62.4 Å². The van der Waals surface area contributed by atoms with Gasteiger partial charge in [-0.15, -0.1) is 0 Å². The van der Waals surface area contributed by atoms with Crippen molar-refractivity contribution in [3.05, 3.63) is 65.0 Å². The van der Waals surface area contributed by atoms with Crippen molar-refractivity contribution in [2.75, 3.05) is 13.2 Å². The first-order chi connectivity index (χ1) is 15.8. The summed E-state index contributed by atoms with van der Waals surface area (Å²) in [6, 6.07) is 6.20. The molecule has 0 aliphatic carbocycles. The minimum Gasteiger partial charge on any atom is -0.480 e. The summed E-state index contributed by atoms with van der Waals surface area (Å²) in [4.78, 5) is 35.8. The van der Waals surface area contributed by atoms with Crippen molar-refractivity contribution in [1.29, 1.82) is 0 Å². The summed E-state index contributed by atoms with van der Waals surface area (Å²) in [5.74, 6) is -3.24. The van der Waals surface area contributed by atoms with Gasteiger partial charge in [0.15, 0.2) is 11.5 Å². The van der Waals surface area contributed by atoms with Crippen LogP contribution in [0, 0.1) is 5.82 Å². The molecule has 0 bridgehead atoms. The highest BCUT2D eigenvalue weighted by molar-refractivity contribution is 6.33. The minimum atomic E-state index is -1.33. The van der Waals surface area contributed by atoms with Gasteiger partial charge in [0.05, 0.1) is 29.5 Å². The molecule has 174 valence electrons. The van der Waals surface area contributed by atoms with Gasteiger partial charge >= 0.3 is 5.97 Å². The number of carboxylic acid groups (broad SMARTS) is 1. The van der Waals surface area contributed by atoms with Gasteiger partial charge in [0.1, 0.15) is 6.04 Å². The summed E-state index contributed by atoms with van der Waals surface area (Å²) in [6.07, 6.45) is 3.60. The number of aliphatic carboxylic acids is 1. The van der Waals surface area contributed by atoms with E-state index in [-0.39, 0.29) is 24.7 Å². The van der Waals surface area contributed by atoms with E-state index < -0.39 is 35.4 Å². The summed E-state index contributed by atoms with van der Waals surface area (Å²) >= 11 is 5.78. The summed E-state index contributed by atoms with van der Waals surface area (Å²) in [5.41, 5.74) is 0.943. The number of hydrogen-bond donors (Lipinski definition) is 3. The van der Waals surface area contributed by atoms with Gasteiger partial charge in [-0.2, -0.15) is 0 Å². The number of rotatable bonds is 11. The smallest absolute Gasteiger partial charge is 0.326 e. The van der Waals surface area contributed by atoms with Gasteiger partial charge in [-0.3, -0.25) is 9.78 Å². The summed E-state index contributed by atoms with van der Waals surface area (Å²) < 4.78 is 19.2. The molecule has 9 nitrogen and oxygen atoms in total. The molecule has 2 atom stereocenters. The zero-order valence-electron chi connectivity index (χ0n) is 17.4. The van der Waals surface area contributed by atoms with Crippen molar-refractivity contribution in [2.24, 2.45) is 0 Å². The number of carbonyl (C=O) groups excluding carboxylic acids is 1. The van der Waals surface area contributed by atoms with Crippen LogP contribution >= 0.6 is 11.6 Å². The van der Waals surface area contributed by atoms with Crippen molar-refractivity contribution < 1.29 is 28.9 Å². The van der Waals surface area contributed by atoms with E-state index in [1.807, 2.05) is 24.3 Å². The quantitative estimate of drug-likeness (QED) is 0.359. The van der Waals surface area contributed by atoms with E-state index in [2.05, 4.69) is 20.3 Å². The molecule has 0 aromatic carbocycles. The number of carbonyl (C=O) groups is 2. The highest BCUT2D eigenvalue weighted by Gasteiger charge is 2.24. The lowest BCUT2D eigenvalue weighted by molar-refractivity contribution is -0.139. The number of aliphatic hydroxyl groups excluding tert-OH is 1. The van der Waals surface area contributed by atoms with Crippen LogP contribution in [0.15, 0.2) is 42.9 Å². The third-order valence-corrected chi connectivity index (χ3v) is 5.09. The third-order valence-electron chi connectivity index (χ3n) is 4.80. The molecule has 0 radical (unpaired) electrons. The average molecular weight is 477 g/mol. The highest BCUT2D eigenvalue weighted by atomic mass is 35.5. The monoisotopic (exact) mass is 476 g/mol. The number of carboxylic acids is 1. The number of nitrogens with zero attached hydrogens (tertiary/aromatic N) is 3. The molecule has 3 heterocycles. The lowest BCUT2D eigenvalue weighted by Gasteiger charge is -2.16. The SMILES string of the molecule is O=C(NC(CCOCC(O)CCc1ccc2cccnc2n1)C(=O)O)c1c(F)cncc1Cl. The lowest BCUT2D eigenvalue weighted by Crippen LogP contribution is -2.42. The fourth-order valence-corrected chi connectivity index (χ4v) is 3.30. The third kappa shape index (κ3) is 6.88. The van der Waals surface area contributed by atoms with Crippen LogP contribution in [0.3, 0.4) is 0 Å². The van der Waals surface area contributed by atoms with Crippen molar-refractivity contribution in [2.45, 2.75) is 31.4 Å². The Morgan fingerprint density at radius 2 is 2.03 bits per heavy atom. The first kappa shape index (κ1) is 24.4. The molecule has 0 spiro atoms. The summed E-state index contributed by atoms with van der Waals surface area (Å²) in [5, 5.41) is 22.4. The zero-order chi connectivity index (χ0) is 23.8. The van der Waals surface area contributed by atoms with E-state index in [0.29, 0.717) is 18.5 Å². The number of aliphatic hydroxyl groups is 1. The molecule has 3 N–H and O–H groups in total. The minimum absolute atomic E-state index is 0.0169. The van der Waals surface area contributed by atoms with Gasteiger partial charge < -0.3 is 20.3 Å². The molecular weight excluding hydrogens is 455 g/mol. The van der Waals surface area contributed by atoms with Crippen LogP contribution < -0.4 is 5.32 Å².